The van der Waals surface area contributed by atoms with E-state index in [1.807, 2.05) is 12.1 Å². The molecule has 0 fully saturated rings. The molecule has 0 radical (unpaired) electrons. The van der Waals surface area contributed by atoms with Crippen LogP contribution >= 0.6 is 0 Å². The molecule has 0 saturated heterocycles. The highest BCUT2D eigenvalue weighted by Gasteiger charge is 2.14. The lowest BCUT2D eigenvalue weighted by molar-refractivity contribution is -0.139. The molecule has 1 rings (SSSR count). The summed E-state index contributed by atoms with van der Waals surface area (Å²) in [5.41, 5.74) is 5.16. The number of aliphatic carboxylic acids is 1. The molecule has 0 aliphatic heterocycles. The van der Waals surface area contributed by atoms with E-state index in [1.54, 1.807) is 26.4 Å². The monoisotopic (exact) mass is 185 g/mol. The summed E-state index contributed by atoms with van der Waals surface area (Å²) in [7, 11) is 0. The third-order valence-electron chi connectivity index (χ3n) is 1.43. The van der Waals surface area contributed by atoms with Crippen molar-refractivity contribution in [2.45, 2.75) is 19.9 Å². The van der Waals surface area contributed by atoms with Gasteiger partial charge >= 0.3 is 5.97 Å². The molecule has 0 aliphatic carbocycles. The number of rotatable bonds is 2. The molecule has 74 valence electrons. The Morgan fingerprint density at radius 1 is 1.38 bits per heavy atom. The zero-order chi connectivity index (χ0) is 10.3. The molecule has 4 heteroatoms. The number of furan rings is 1. The number of nitrogens with two attached hydrogens (primary N) is 1. The van der Waals surface area contributed by atoms with Gasteiger partial charge in [-0.15, -0.1) is 0 Å². The molecular weight excluding hydrogens is 170 g/mol. The summed E-state index contributed by atoms with van der Waals surface area (Å²) in [6.07, 6.45) is 3.25. The smallest absolute Gasteiger partial charge is 0.320 e. The van der Waals surface area contributed by atoms with Crippen LogP contribution in [0.4, 0.5) is 0 Å². The molecule has 1 aromatic rings. The van der Waals surface area contributed by atoms with Crippen molar-refractivity contribution in [3.63, 3.8) is 0 Å². The molecule has 0 bridgehead atoms. The highest BCUT2D eigenvalue weighted by molar-refractivity contribution is 5.73. The lowest BCUT2D eigenvalue weighted by Crippen LogP contribution is -2.34. The lowest BCUT2D eigenvalue weighted by atomic mass is 10.1. The van der Waals surface area contributed by atoms with E-state index in [-0.39, 0.29) is 5.92 Å². The van der Waals surface area contributed by atoms with Crippen LogP contribution in [-0.4, -0.2) is 17.1 Å². The minimum absolute atomic E-state index is 0.0208. The number of carboxylic acids is 1. The summed E-state index contributed by atoms with van der Waals surface area (Å²) >= 11 is 0. The van der Waals surface area contributed by atoms with E-state index in [2.05, 4.69) is 4.42 Å². The van der Waals surface area contributed by atoms with Crippen LogP contribution in [0, 0.1) is 5.92 Å². The van der Waals surface area contributed by atoms with Crippen LogP contribution in [0.15, 0.2) is 29.1 Å². The third-order valence-corrected chi connectivity index (χ3v) is 1.43. The van der Waals surface area contributed by atoms with Crippen LogP contribution in [0.2, 0.25) is 0 Å². The SMILES string of the molecule is CC(C)[C@H](N)C(=O)O.c1ccoc1. The number of carbonyl (C=O) groups is 1. The summed E-state index contributed by atoms with van der Waals surface area (Å²) in [6.45, 7) is 3.55. The van der Waals surface area contributed by atoms with Crippen LogP contribution in [0.5, 0.6) is 0 Å². The maximum absolute atomic E-state index is 10.0. The molecule has 3 N–H and O–H groups in total. The van der Waals surface area contributed by atoms with Gasteiger partial charge in [-0.05, 0) is 18.1 Å². The van der Waals surface area contributed by atoms with Gasteiger partial charge < -0.3 is 15.3 Å². The fraction of sp³-hybridized carbons (Fsp3) is 0.444. The second-order valence-corrected chi connectivity index (χ2v) is 2.90. The molecule has 0 aliphatic rings. The van der Waals surface area contributed by atoms with Gasteiger partial charge in [0.25, 0.3) is 0 Å². The Kier molecular flexibility index (Phi) is 5.63. The molecule has 0 aromatic carbocycles. The summed E-state index contributed by atoms with van der Waals surface area (Å²) < 4.78 is 4.58. The third kappa shape index (κ3) is 5.93. The molecule has 1 atom stereocenters. The normalized spacial score (nSPS) is 11.7. The second-order valence-electron chi connectivity index (χ2n) is 2.90. The van der Waals surface area contributed by atoms with Crippen LogP contribution in [0.25, 0.3) is 0 Å². The van der Waals surface area contributed by atoms with Gasteiger partial charge in [-0.3, -0.25) is 4.79 Å². The van der Waals surface area contributed by atoms with Crippen LogP contribution in [0.1, 0.15) is 13.8 Å². The topological polar surface area (TPSA) is 76.5 Å². The Morgan fingerprint density at radius 3 is 1.92 bits per heavy atom. The average molecular weight is 185 g/mol. The van der Waals surface area contributed by atoms with Gasteiger partial charge in [-0.25, -0.2) is 0 Å². The van der Waals surface area contributed by atoms with Crippen molar-refractivity contribution in [3.05, 3.63) is 24.7 Å². The van der Waals surface area contributed by atoms with Crippen molar-refractivity contribution in [2.24, 2.45) is 11.7 Å². The number of hydrogen-bond acceptors (Lipinski definition) is 3. The van der Waals surface area contributed by atoms with Gasteiger partial charge in [0.05, 0.1) is 12.5 Å². The molecule has 0 spiro atoms. The Morgan fingerprint density at radius 2 is 1.85 bits per heavy atom. The Hall–Kier alpha value is -1.29. The molecule has 4 nitrogen and oxygen atoms in total. The fourth-order valence-electron chi connectivity index (χ4n) is 0.512. The first-order valence-electron chi connectivity index (χ1n) is 4.01. The largest absolute Gasteiger partial charge is 0.480 e. The maximum atomic E-state index is 10.0. The van der Waals surface area contributed by atoms with Crippen LogP contribution in [0.3, 0.4) is 0 Å². The van der Waals surface area contributed by atoms with E-state index in [0.717, 1.165) is 0 Å². The van der Waals surface area contributed by atoms with Gasteiger partial charge in [0.2, 0.25) is 0 Å². The first-order chi connectivity index (χ1) is 6.05. The second kappa shape index (κ2) is 6.25. The fourth-order valence-corrected chi connectivity index (χ4v) is 0.512. The van der Waals surface area contributed by atoms with Gasteiger partial charge in [-0.2, -0.15) is 0 Å². The molecule has 0 saturated carbocycles. The highest BCUT2D eigenvalue weighted by Crippen LogP contribution is 1.96. The zero-order valence-electron chi connectivity index (χ0n) is 7.81. The molecule has 0 unspecified atom stereocenters. The molecule has 1 heterocycles. The van der Waals surface area contributed by atoms with Crippen molar-refractivity contribution in [2.75, 3.05) is 0 Å². The Balaban J connectivity index is 0.000000243. The lowest BCUT2D eigenvalue weighted by Gasteiger charge is -2.07. The Bertz CT molecular complexity index is 202. The predicted molar refractivity (Wildman–Crippen MR) is 49.2 cm³/mol. The van der Waals surface area contributed by atoms with Gasteiger partial charge in [0.15, 0.2) is 0 Å². The van der Waals surface area contributed by atoms with Crippen molar-refractivity contribution in [3.8, 4) is 0 Å². The molecule has 0 amide bonds. The summed E-state index contributed by atoms with van der Waals surface area (Å²) in [5.74, 6) is -0.910. The maximum Gasteiger partial charge on any atom is 0.320 e. The zero-order valence-corrected chi connectivity index (χ0v) is 7.81. The van der Waals surface area contributed by atoms with E-state index in [0.29, 0.717) is 0 Å². The summed E-state index contributed by atoms with van der Waals surface area (Å²) in [4.78, 5) is 10.0. The number of hydrogen-bond donors (Lipinski definition) is 2. The van der Waals surface area contributed by atoms with E-state index in [9.17, 15) is 4.79 Å². The highest BCUT2D eigenvalue weighted by atomic mass is 16.4. The molecule has 1 aromatic heterocycles. The van der Waals surface area contributed by atoms with E-state index in [4.69, 9.17) is 10.8 Å². The van der Waals surface area contributed by atoms with Crippen molar-refractivity contribution < 1.29 is 14.3 Å². The van der Waals surface area contributed by atoms with Gasteiger partial charge in [0, 0.05) is 0 Å². The van der Waals surface area contributed by atoms with Crippen molar-refractivity contribution in [1.29, 1.82) is 0 Å². The van der Waals surface area contributed by atoms with Gasteiger partial charge in [-0.1, -0.05) is 13.8 Å². The predicted octanol–water partition coefficient (Wildman–Crippen LogP) is 1.33. The standard InChI is InChI=1S/C5H11NO2.C4H4O/c1-3(2)4(6)5(7)8;1-2-4-5-3-1/h3-4H,6H2,1-2H3,(H,7,8);1-4H/t4-;/m0./s1. The average Bonchev–Trinajstić information content (AvgIpc) is 2.59. The minimum Gasteiger partial charge on any atom is -0.480 e. The van der Waals surface area contributed by atoms with Crippen molar-refractivity contribution >= 4 is 5.97 Å². The quantitative estimate of drug-likeness (QED) is 0.728. The van der Waals surface area contributed by atoms with E-state index >= 15 is 0 Å². The van der Waals surface area contributed by atoms with Gasteiger partial charge in [0.1, 0.15) is 6.04 Å². The minimum atomic E-state index is -0.931. The molecule has 13 heavy (non-hydrogen) atoms. The van der Waals surface area contributed by atoms with Crippen molar-refractivity contribution in [1.82, 2.24) is 0 Å². The number of carboxylic acid groups (broad SMARTS) is 1. The summed E-state index contributed by atoms with van der Waals surface area (Å²) in [5, 5.41) is 8.23. The van der Waals surface area contributed by atoms with Crippen LogP contribution < -0.4 is 5.73 Å². The van der Waals surface area contributed by atoms with E-state index < -0.39 is 12.0 Å². The first-order valence-corrected chi connectivity index (χ1v) is 4.01. The van der Waals surface area contributed by atoms with Crippen LogP contribution in [-0.2, 0) is 4.79 Å². The Labute approximate surface area is 77.4 Å². The molecular formula is C9H15NO3. The van der Waals surface area contributed by atoms with E-state index in [1.165, 1.54) is 0 Å². The first kappa shape index (κ1) is 11.7. The summed E-state index contributed by atoms with van der Waals surface area (Å²) in [6, 6.07) is 2.95.